The summed E-state index contributed by atoms with van der Waals surface area (Å²) < 4.78 is 18.1. The molecule has 16 heavy (non-hydrogen) atoms. The zero-order chi connectivity index (χ0) is 11.7. The molecule has 1 N–H and O–H groups in total. The highest BCUT2D eigenvalue weighted by Gasteiger charge is 2.17. The van der Waals surface area contributed by atoms with E-state index in [0.717, 1.165) is 6.20 Å². The molecule has 1 aromatic carbocycles. The summed E-state index contributed by atoms with van der Waals surface area (Å²) in [7, 11) is 0. The molecule has 0 saturated heterocycles. The first-order chi connectivity index (χ1) is 7.59. The van der Waals surface area contributed by atoms with Crippen molar-refractivity contribution in [1.82, 2.24) is 5.16 Å². The second-order valence-corrected chi connectivity index (χ2v) is 3.86. The lowest BCUT2D eigenvalue weighted by molar-refractivity contribution is 0.0697. The van der Waals surface area contributed by atoms with Crippen LogP contribution in [0.2, 0.25) is 0 Å². The predicted octanol–water partition coefficient (Wildman–Crippen LogP) is 2.94. The van der Waals surface area contributed by atoms with Crippen molar-refractivity contribution in [2.45, 2.75) is 0 Å². The Balaban J connectivity index is 2.54. The zero-order valence-electron chi connectivity index (χ0n) is 7.78. The van der Waals surface area contributed by atoms with E-state index in [9.17, 15) is 9.18 Å². The number of carboxylic acids is 1. The second kappa shape index (κ2) is 4.05. The molecule has 0 bridgehead atoms. The van der Waals surface area contributed by atoms with E-state index in [1.54, 1.807) is 0 Å². The maximum Gasteiger partial charge on any atom is 0.341 e. The van der Waals surface area contributed by atoms with Crippen molar-refractivity contribution in [2.75, 3.05) is 0 Å². The minimum atomic E-state index is -1.14. The van der Waals surface area contributed by atoms with Gasteiger partial charge in [0, 0.05) is 5.56 Å². The topological polar surface area (TPSA) is 63.3 Å². The summed E-state index contributed by atoms with van der Waals surface area (Å²) in [4.78, 5) is 10.8. The minimum Gasteiger partial charge on any atom is -0.477 e. The highest BCUT2D eigenvalue weighted by atomic mass is 79.9. The number of halogens is 2. The molecule has 1 aromatic heterocycles. The summed E-state index contributed by atoms with van der Waals surface area (Å²) in [5.74, 6) is -1.47. The van der Waals surface area contributed by atoms with Crippen LogP contribution in [0.3, 0.4) is 0 Å². The van der Waals surface area contributed by atoms with Crippen molar-refractivity contribution < 1.29 is 18.8 Å². The Morgan fingerprint density at radius 2 is 2.25 bits per heavy atom. The number of aromatic carboxylic acids is 1. The number of rotatable bonds is 2. The van der Waals surface area contributed by atoms with Crippen molar-refractivity contribution in [3.8, 4) is 11.3 Å². The molecular weight excluding hydrogens is 281 g/mol. The van der Waals surface area contributed by atoms with E-state index in [1.165, 1.54) is 18.2 Å². The van der Waals surface area contributed by atoms with Crippen molar-refractivity contribution in [1.29, 1.82) is 0 Å². The van der Waals surface area contributed by atoms with Gasteiger partial charge in [-0.25, -0.2) is 9.18 Å². The molecule has 6 heteroatoms. The van der Waals surface area contributed by atoms with Crippen LogP contribution in [0.1, 0.15) is 10.4 Å². The Bertz CT molecular complexity index is 553. The van der Waals surface area contributed by atoms with Crippen LogP contribution in [-0.4, -0.2) is 16.2 Å². The Morgan fingerprint density at radius 3 is 2.88 bits per heavy atom. The SMILES string of the molecule is O=C(O)c1cnoc1-c1ccc(F)c(Br)c1. The van der Waals surface area contributed by atoms with E-state index in [1.807, 2.05) is 0 Å². The molecule has 0 aliphatic rings. The van der Waals surface area contributed by atoms with Gasteiger partial charge in [-0.3, -0.25) is 0 Å². The van der Waals surface area contributed by atoms with Crippen LogP contribution in [0.5, 0.6) is 0 Å². The van der Waals surface area contributed by atoms with E-state index in [-0.39, 0.29) is 15.8 Å². The molecule has 0 atom stereocenters. The second-order valence-electron chi connectivity index (χ2n) is 3.00. The molecule has 0 aliphatic heterocycles. The van der Waals surface area contributed by atoms with Crippen LogP contribution < -0.4 is 0 Å². The monoisotopic (exact) mass is 285 g/mol. The van der Waals surface area contributed by atoms with Crippen LogP contribution >= 0.6 is 15.9 Å². The quantitative estimate of drug-likeness (QED) is 0.921. The molecule has 2 aromatic rings. The Kier molecular flexibility index (Phi) is 2.74. The lowest BCUT2D eigenvalue weighted by Gasteiger charge is -1.99. The van der Waals surface area contributed by atoms with Gasteiger partial charge < -0.3 is 9.63 Å². The van der Waals surface area contributed by atoms with Crippen LogP contribution in [0, 0.1) is 5.82 Å². The average Bonchev–Trinajstić information content (AvgIpc) is 2.71. The van der Waals surface area contributed by atoms with Gasteiger partial charge >= 0.3 is 5.97 Å². The number of carbonyl (C=O) groups is 1. The lowest BCUT2D eigenvalue weighted by Crippen LogP contribution is -1.96. The van der Waals surface area contributed by atoms with Gasteiger partial charge in [-0.15, -0.1) is 0 Å². The van der Waals surface area contributed by atoms with Crippen molar-refractivity contribution >= 4 is 21.9 Å². The molecule has 2 rings (SSSR count). The largest absolute Gasteiger partial charge is 0.477 e. The number of benzene rings is 1. The molecule has 0 saturated carbocycles. The Hall–Kier alpha value is -1.69. The molecular formula is C10H5BrFNO3. The molecule has 1 heterocycles. The van der Waals surface area contributed by atoms with Gasteiger partial charge in [-0.2, -0.15) is 0 Å². The summed E-state index contributed by atoms with van der Waals surface area (Å²) in [6.07, 6.45) is 1.11. The highest BCUT2D eigenvalue weighted by molar-refractivity contribution is 9.10. The molecule has 0 radical (unpaired) electrons. The maximum atomic E-state index is 13.0. The Labute approximate surface area is 97.8 Å². The fourth-order valence-corrected chi connectivity index (χ4v) is 1.62. The molecule has 82 valence electrons. The van der Waals surface area contributed by atoms with Crippen LogP contribution in [0.4, 0.5) is 4.39 Å². The highest BCUT2D eigenvalue weighted by Crippen LogP contribution is 2.27. The van der Waals surface area contributed by atoms with E-state index in [4.69, 9.17) is 9.63 Å². The number of aromatic nitrogens is 1. The van der Waals surface area contributed by atoms with Crippen molar-refractivity contribution in [3.05, 3.63) is 40.2 Å². The van der Waals surface area contributed by atoms with Crippen molar-refractivity contribution in [2.24, 2.45) is 0 Å². The number of carboxylic acid groups (broad SMARTS) is 1. The summed E-state index contributed by atoms with van der Waals surface area (Å²) >= 11 is 3.01. The van der Waals surface area contributed by atoms with E-state index in [0.29, 0.717) is 5.56 Å². The van der Waals surface area contributed by atoms with Gasteiger partial charge in [-0.05, 0) is 34.1 Å². The van der Waals surface area contributed by atoms with E-state index < -0.39 is 11.8 Å². The van der Waals surface area contributed by atoms with Gasteiger partial charge in [0.15, 0.2) is 5.76 Å². The molecule has 0 spiro atoms. The summed E-state index contributed by atoms with van der Waals surface area (Å²) in [5.41, 5.74) is 0.390. The number of hydrogen-bond donors (Lipinski definition) is 1. The molecule has 0 unspecified atom stereocenters. The molecule has 0 fully saturated rings. The summed E-state index contributed by atoms with van der Waals surface area (Å²) in [5, 5.41) is 12.3. The number of hydrogen-bond acceptors (Lipinski definition) is 3. The first-order valence-electron chi connectivity index (χ1n) is 4.23. The molecule has 0 aliphatic carbocycles. The van der Waals surface area contributed by atoms with E-state index >= 15 is 0 Å². The summed E-state index contributed by atoms with van der Waals surface area (Å²) in [6, 6.07) is 4.07. The Morgan fingerprint density at radius 1 is 1.50 bits per heavy atom. The molecule has 0 amide bonds. The van der Waals surface area contributed by atoms with Crippen LogP contribution in [-0.2, 0) is 0 Å². The third-order valence-electron chi connectivity index (χ3n) is 1.98. The minimum absolute atomic E-state index is 0.0569. The first-order valence-corrected chi connectivity index (χ1v) is 5.02. The van der Waals surface area contributed by atoms with Gasteiger partial charge in [-0.1, -0.05) is 5.16 Å². The lowest BCUT2D eigenvalue weighted by atomic mass is 10.1. The first kappa shape index (κ1) is 10.8. The third-order valence-corrected chi connectivity index (χ3v) is 2.59. The third kappa shape index (κ3) is 1.83. The van der Waals surface area contributed by atoms with Gasteiger partial charge in [0.25, 0.3) is 0 Å². The average molecular weight is 286 g/mol. The van der Waals surface area contributed by atoms with Gasteiger partial charge in [0.05, 0.1) is 10.7 Å². The summed E-state index contributed by atoms with van der Waals surface area (Å²) in [6.45, 7) is 0. The zero-order valence-corrected chi connectivity index (χ0v) is 9.36. The molecule has 4 nitrogen and oxygen atoms in total. The van der Waals surface area contributed by atoms with Crippen molar-refractivity contribution in [3.63, 3.8) is 0 Å². The fraction of sp³-hybridized carbons (Fsp3) is 0. The van der Waals surface area contributed by atoms with Gasteiger partial charge in [0.1, 0.15) is 11.4 Å². The smallest absolute Gasteiger partial charge is 0.341 e. The van der Waals surface area contributed by atoms with E-state index in [2.05, 4.69) is 21.1 Å². The van der Waals surface area contributed by atoms with Gasteiger partial charge in [0.2, 0.25) is 0 Å². The van der Waals surface area contributed by atoms with Crippen LogP contribution in [0.25, 0.3) is 11.3 Å². The predicted molar refractivity (Wildman–Crippen MR) is 56.6 cm³/mol. The standard InChI is InChI=1S/C10H5BrFNO3/c11-7-3-5(1-2-8(7)12)9-6(10(14)15)4-13-16-9/h1-4H,(H,14,15). The normalized spacial score (nSPS) is 10.4. The maximum absolute atomic E-state index is 13.0. The number of nitrogens with zero attached hydrogens (tertiary/aromatic N) is 1. The van der Waals surface area contributed by atoms with Crippen LogP contribution in [0.15, 0.2) is 33.4 Å². The fourth-order valence-electron chi connectivity index (χ4n) is 1.24.